The van der Waals surface area contributed by atoms with Crippen LogP contribution in [0.2, 0.25) is 0 Å². The molecule has 0 atom stereocenters. The van der Waals surface area contributed by atoms with Crippen molar-refractivity contribution in [3.05, 3.63) is 53.7 Å². The molecule has 26 heavy (non-hydrogen) atoms. The van der Waals surface area contributed by atoms with Crippen LogP contribution in [-0.2, 0) is 0 Å². The minimum absolute atomic E-state index is 0.140. The molecule has 0 unspecified atom stereocenters. The van der Waals surface area contributed by atoms with Crippen LogP contribution in [0.3, 0.4) is 0 Å². The summed E-state index contributed by atoms with van der Waals surface area (Å²) in [5, 5.41) is 2.95. The molecule has 1 amide bonds. The number of rotatable bonds is 3. The van der Waals surface area contributed by atoms with Gasteiger partial charge in [-0.1, -0.05) is 0 Å². The van der Waals surface area contributed by atoms with Crippen molar-refractivity contribution >= 4 is 5.91 Å². The van der Waals surface area contributed by atoms with Crippen LogP contribution < -0.4 is 5.32 Å². The molecule has 0 saturated carbocycles. The number of pyridine rings is 2. The third-order valence-corrected chi connectivity index (χ3v) is 3.95. The summed E-state index contributed by atoms with van der Waals surface area (Å²) in [6, 6.07) is 5.68. The zero-order valence-corrected chi connectivity index (χ0v) is 15.7. The number of hydrogen-bond acceptors (Lipinski definition) is 4. The molecule has 0 spiro atoms. The topological polar surface area (TPSA) is 83.6 Å². The average molecular weight is 349 g/mol. The normalized spacial score (nSPS) is 11.4. The second-order valence-electron chi connectivity index (χ2n) is 7.39. The van der Waals surface area contributed by atoms with Gasteiger partial charge in [0.05, 0.1) is 11.3 Å². The third kappa shape index (κ3) is 3.96. The van der Waals surface area contributed by atoms with E-state index < -0.39 is 0 Å². The zero-order chi connectivity index (χ0) is 18.9. The van der Waals surface area contributed by atoms with E-state index in [2.05, 4.69) is 25.3 Å². The number of carbonyl (C=O) groups is 1. The lowest BCUT2D eigenvalue weighted by Crippen LogP contribution is -2.40. The number of hydrogen-bond donors (Lipinski definition) is 2. The van der Waals surface area contributed by atoms with Gasteiger partial charge in [-0.25, -0.2) is 4.98 Å². The number of aromatic amines is 1. The van der Waals surface area contributed by atoms with E-state index in [4.69, 9.17) is 0 Å². The number of H-pyrrole nitrogens is 1. The second-order valence-corrected chi connectivity index (χ2v) is 7.39. The van der Waals surface area contributed by atoms with Crippen LogP contribution >= 0.6 is 0 Å². The molecule has 134 valence electrons. The van der Waals surface area contributed by atoms with Crippen LogP contribution in [0.1, 0.15) is 42.5 Å². The summed E-state index contributed by atoms with van der Waals surface area (Å²) in [6.45, 7) is 9.79. The van der Waals surface area contributed by atoms with Crippen LogP contribution in [0.25, 0.3) is 22.6 Å². The Labute approximate surface area is 153 Å². The number of nitrogens with zero attached hydrogens (tertiary/aromatic N) is 3. The molecular weight excluding hydrogens is 326 g/mol. The molecule has 0 aliphatic heterocycles. The SMILES string of the molecule is Cc1nc(-c2cc(-c3cncc(C(=O)NC(C)(C)C)c3)ccn2)[nH]c1C. The molecule has 0 saturated heterocycles. The molecule has 2 N–H and O–H groups in total. The molecule has 3 aromatic heterocycles. The number of nitrogens with one attached hydrogen (secondary N) is 2. The maximum absolute atomic E-state index is 12.4. The molecule has 0 aliphatic carbocycles. The monoisotopic (exact) mass is 349 g/mol. The van der Waals surface area contributed by atoms with Gasteiger partial charge in [0.25, 0.3) is 5.91 Å². The van der Waals surface area contributed by atoms with Gasteiger partial charge in [-0.05, 0) is 58.4 Å². The summed E-state index contributed by atoms with van der Waals surface area (Å²) in [7, 11) is 0. The van der Waals surface area contributed by atoms with E-state index >= 15 is 0 Å². The minimum Gasteiger partial charge on any atom is -0.347 e. The van der Waals surface area contributed by atoms with Gasteiger partial charge in [-0.15, -0.1) is 0 Å². The Morgan fingerprint density at radius 1 is 1.12 bits per heavy atom. The molecule has 3 heterocycles. The first-order chi connectivity index (χ1) is 12.2. The number of aromatic nitrogens is 4. The summed E-state index contributed by atoms with van der Waals surface area (Å²) in [5.74, 6) is 0.592. The highest BCUT2D eigenvalue weighted by molar-refractivity contribution is 5.95. The predicted octanol–water partition coefficient (Wildman–Crippen LogP) is 3.68. The molecular formula is C20H23N5O. The number of carbonyl (C=O) groups excluding carboxylic acids is 1. The van der Waals surface area contributed by atoms with E-state index in [-0.39, 0.29) is 11.4 Å². The summed E-state index contributed by atoms with van der Waals surface area (Å²) in [5.41, 5.74) is 4.74. The molecule has 0 bridgehead atoms. The minimum atomic E-state index is -0.300. The molecule has 0 radical (unpaired) electrons. The van der Waals surface area contributed by atoms with Crippen molar-refractivity contribution < 1.29 is 4.79 Å². The molecule has 0 aliphatic rings. The molecule has 3 aromatic rings. The Morgan fingerprint density at radius 3 is 2.54 bits per heavy atom. The van der Waals surface area contributed by atoms with E-state index in [1.165, 1.54) is 0 Å². The molecule has 3 rings (SSSR count). The largest absolute Gasteiger partial charge is 0.347 e. The molecule has 0 aromatic carbocycles. The predicted molar refractivity (Wildman–Crippen MR) is 102 cm³/mol. The molecule has 0 fully saturated rings. The maximum atomic E-state index is 12.4. The van der Waals surface area contributed by atoms with Crippen molar-refractivity contribution in [3.63, 3.8) is 0 Å². The van der Waals surface area contributed by atoms with Gasteiger partial charge in [0.1, 0.15) is 5.69 Å². The van der Waals surface area contributed by atoms with E-state index in [1.807, 2.05) is 52.8 Å². The Morgan fingerprint density at radius 2 is 1.88 bits per heavy atom. The highest BCUT2D eigenvalue weighted by Gasteiger charge is 2.16. The fourth-order valence-electron chi connectivity index (χ4n) is 2.54. The highest BCUT2D eigenvalue weighted by atomic mass is 16.1. The van der Waals surface area contributed by atoms with E-state index in [0.29, 0.717) is 5.56 Å². The van der Waals surface area contributed by atoms with E-state index in [1.54, 1.807) is 18.6 Å². The lowest BCUT2D eigenvalue weighted by atomic mass is 10.0. The number of amides is 1. The van der Waals surface area contributed by atoms with Crippen molar-refractivity contribution in [2.75, 3.05) is 0 Å². The summed E-state index contributed by atoms with van der Waals surface area (Å²) >= 11 is 0. The van der Waals surface area contributed by atoms with Crippen molar-refractivity contribution in [3.8, 4) is 22.6 Å². The Kier molecular flexibility index (Phi) is 4.59. The van der Waals surface area contributed by atoms with E-state index in [0.717, 1.165) is 34.0 Å². The Hall–Kier alpha value is -3.02. The first kappa shape index (κ1) is 17.8. The lowest BCUT2D eigenvalue weighted by molar-refractivity contribution is 0.0919. The quantitative estimate of drug-likeness (QED) is 0.755. The fraction of sp³-hybridized carbons (Fsp3) is 0.300. The lowest BCUT2D eigenvalue weighted by Gasteiger charge is -2.20. The number of aryl methyl sites for hydroxylation is 2. The van der Waals surface area contributed by atoms with Gasteiger partial charge >= 0.3 is 0 Å². The highest BCUT2D eigenvalue weighted by Crippen LogP contribution is 2.24. The maximum Gasteiger partial charge on any atom is 0.253 e. The molecule has 6 nitrogen and oxygen atoms in total. The van der Waals surface area contributed by atoms with Crippen molar-refractivity contribution in [1.82, 2.24) is 25.3 Å². The van der Waals surface area contributed by atoms with Gasteiger partial charge in [-0.2, -0.15) is 0 Å². The first-order valence-corrected chi connectivity index (χ1v) is 8.50. The standard InChI is InChI=1S/C20H23N5O/c1-12-13(2)24-18(23-12)17-9-14(6-7-22-17)15-8-16(11-21-10-15)19(26)25-20(3,4)5/h6-11H,1-5H3,(H,23,24)(H,25,26). The Balaban J connectivity index is 1.93. The first-order valence-electron chi connectivity index (χ1n) is 8.50. The van der Waals surface area contributed by atoms with Crippen LogP contribution in [0.4, 0.5) is 0 Å². The Bertz CT molecular complexity index is 933. The van der Waals surface area contributed by atoms with Crippen molar-refractivity contribution in [1.29, 1.82) is 0 Å². The zero-order valence-electron chi connectivity index (χ0n) is 15.7. The van der Waals surface area contributed by atoms with Gasteiger partial charge < -0.3 is 10.3 Å². The smallest absolute Gasteiger partial charge is 0.253 e. The van der Waals surface area contributed by atoms with Crippen LogP contribution in [-0.4, -0.2) is 31.4 Å². The third-order valence-electron chi connectivity index (χ3n) is 3.95. The van der Waals surface area contributed by atoms with Gasteiger partial charge in [0, 0.05) is 35.4 Å². The van der Waals surface area contributed by atoms with Gasteiger partial charge in [0.15, 0.2) is 5.82 Å². The van der Waals surface area contributed by atoms with Crippen molar-refractivity contribution in [2.45, 2.75) is 40.2 Å². The summed E-state index contributed by atoms with van der Waals surface area (Å²) in [6.07, 6.45) is 5.05. The molecule has 6 heteroatoms. The average Bonchev–Trinajstić information content (AvgIpc) is 2.93. The summed E-state index contributed by atoms with van der Waals surface area (Å²) < 4.78 is 0. The fourth-order valence-corrected chi connectivity index (χ4v) is 2.54. The van der Waals surface area contributed by atoms with Gasteiger partial charge in [0.2, 0.25) is 0 Å². The van der Waals surface area contributed by atoms with E-state index in [9.17, 15) is 4.79 Å². The van der Waals surface area contributed by atoms with Gasteiger partial charge in [-0.3, -0.25) is 14.8 Å². The summed E-state index contributed by atoms with van der Waals surface area (Å²) in [4.78, 5) is 28.8. The number of imidazole rings is 1. The second kappa shape index (κ2) is 6.71. The van der Waals surface area contributed by atoms with Crippen LogP contribution in [0.5, 0.6) is 0 Å². The van der Waals surface area contributed by atoms with Crippen molar-refractivity contribution in [2.24, 2.45) is 0 Å². The van der Waals surface area contributed by atoms with Crippen LogP contribution in [0.15, 0.2) is 36.8 Å². The van der Waals surface area contributed by atoms with Crippen LogP contribution in [0, 0.1) is 13.8 Å².